The number of carbonyl (C=O) groups is 1. The summed E-state index contributed by atoms with van der Waals surface area (Å²) < 4.78 is 19.7. The van der Waals surface area contributed by atoms with Gasteiger partial charge < -0.3 is 9.64 Å². The molecule has 4 rings (SSSR count). The number of amides is 1. The normalized spacial score (nSPS) is 18.3. The molecule has 0 bridgehead atoms. The second kappa shape index (κ2) is 8.33. The first kappa shape index (κ1) is 19.6. The van der Waals surface area contributed by atoms with Crippen LogP contribution in [0.2, 0.25) is 0 Å². The second-order valence-corrected chi connectivity index (χ2v) is 7.93. The third-order valence-electron chi connectivity index (χ3n) is 5.44. The maximum atomic E-state index is 13.8. The number of hydrogen-bond acceptors (Lipinski definition) is 4. The average Bonchev–Trinajstić information content (AvgIpc) is 2.70. The van der Waals surface area contributed by atoms with Crippen LogP contribution in [0.4, 0.5) is 10.1 Å². The van der Waals surface area contributed by atoms with E-state index in [1.54, 1.807) is 6.07 Å². The van der Waals surface area contributed by atoms with Crippen molar-refractivity contribution < 1.29 is 13.9 Å². The molecule has 6 heteroatoms. The van der Waals surface area contributed by atoms with Crippen LogP contribution in [0.3, 0.4) is 0 Å². The van der Waals surface area contributed by atoms with Crippen LogP contribution in [0.15, 0.2) is 47.6 Å². The van der Waals surface area contributed by atoms with Crippen LogP contribution in [0.1, 0.15) is 30.4 Å². The number of anilines is 1. The molecular weight excluding hydrogens is 369 g/mol. The van der Waals surface area contributed by atoms with E-state index in [-0.39, 0.29) is 17.6 Å². The highest BCUT2D eigenvalue weighted by Crippen LogP contribution is 2.34. The Balaban J connectivity index is 1.58. The molecule has 0 fully saturated rings. The van der Waals surface area contributed by atoms with Gasteiger partial charge in [-0.3, -0.25) is 4.79 Å². The highest BCUT2D eigenvalue weighted by molar-refractivity contribution is 6.11. The Morgan fingerprint density at radius 2 is 2.10 bits per heavy atom. The number of nitrogens with zero attached hydrogens (tertiary/aromatic N) is 3. The van der Waals surface area contributed by atoms with Crippen LogP contribution in [-0.4, -0.2) is 43.8 Å². The van der Waals surface area contributed by atoms with Gasteiger partial charge in [-0.25, -0.2) is 9.40 Å². The molecule has 1 unspecified atom stereocenters. The lowest BCUT2D eigenvalue weighted by Gasteiger charge is -2.33. The van der Waals surface area contributed by atoms with Gasteiger partial charge in [-0.2, -0.15) is 5.10 Å². The molecule has 152 valence electrons. The van der Waals surface area contributed by atoms with E-state index in [0.717, 1.165) is 42.6 Å². The van der Waals surface area contributed by atoms with E-state index in [0.29, 0.717) is 24.5 Å². The molecule has 0 aromatic heterocycles. The molecule has 5 nitrogen and oxygen atoms in total. The van der Waals surface area contributed by atoms with E-state index in [1.165, 1.54) is 11.1 Å². The first-order valence-electron chi connectivity index (χ1n) is 10.1. The fourth-order valence-corrected chi connectivity index (χ4v) is 3.96. The van der Waals surface area contributed by atoms with Gasteiger partial charge in [-0.15, -0.1) is 0 Å². The molecule has 2 aromatic rings. The Hall–Kier alpha value is -2.73. The summed E-state index contributed by atoms with van der Waals surface area (Å²) in [6, 6.07) is 12.3. The molecule has 2 aliphatic rings. The van der Waals surface area contributed by atoms with Crippen LogP contribution in [0.25, 0.3) is 0 Å². The van der Waals surface area contributed by atoms with E-state index >= 15 is 0 Å². The fraction of sp³-hybridized carbons (Fsp3) is 0.391. The molecule has 0 radical (unpaired) electrons. The number of aryl methyl sites for hydroxylation is 1. The minimum absolute atomic E-state index is 0.0386. The van der Waals surface area contributed by atoms with E-state index in [4.69, 9.17) is 4.74 Å². The summed E-state index contributed by atoms with van der Waals surface area (Å²) in [6.07, 6.45) is 3.03. The number of hydrazone groups is 1. The lowest BCUT2D eigenvalue weighted by Crippen LogP contribution is -2.39. The molecule has 29 heavy (non-hydrogen) atoms. The summed E-state index contributed by atoms with van der Waals surface area (Å²) in [6.45, 7) is 1.56. The zero-order valence-electron chi connectivity index (χ0n) is 16.9. The largest absolute Gasteiger partial charge is 0.493 e. The Bertz CT molecular complexity index is 941. The molecule has 1 aliphatic heterocycles. The predicted molar refractivity (Wildman–Crippen MR) is 112 cm³/mol. The van der Waals surface area contributed by atoms with E-state index in [1.807, 2.05) is 44.4 Å². The summed E-state index contributed by atoms with van der Waals surface area (Å²) in [5.41, 5.74) is 3.40. The molecule has 1 aliphatic carbocycles. The van der Waals surface area contributed by atoms with Gasteiger partial charge in [0.2, 0.25) is 5.91 Å². The van der Waals surface area contributed by atoms with E-state index in [9.17, 15) is 9.18 Å². The third-order valence-corrected chi connectivity index (χ3v) is 5.44. The van der Waals surface area contributed by atoms with Crippen molar-refractivity contribution in [2.45, 2.75) is 25.7 Å². The number of halogens is 1. The first-order valence-corrected chi connectivity index (χ1v) is 10.1. The fourth-order valence-electron chi connectivity index (χ4n) is 3.96. The summed E-state index contributed by atoms with van der Waals surface area (Å²) in [5, 5.41) is 6.11. The van der Waals surface area contributed by atoms with Crippen molar-refractivity contribution in [1.29, 1.82) is 0 Å². The van der Waals surface area contributed by atoms with Crippen LogP contribution in [-0.2, 0) is 11.2 Å². The predicted octanol–water partition coefficient (Wildman–Crippen LogP) is 3.86. The molecule has 1 atom stereocenters. The van der Waals surface area contributed by atoms with Crippen LogP contribution in [0.5, 0.6) is 5.75 Å². The first-order chi connectivity index (χ1) is 14.0. The van der Waals surface area contributed by atoms with E-state index < -0.39 is 0 Å². The van der Waals surface area contributed by atoms with Gasteiger partial charge >= 0.3 is 0 Å². The summed E-state index contributed by atoms with van der Waals surface area (Å²) in [5.74, 6) is 0.456. The van der Waals surface area contributed by atoms with E-state index in [2.05, 4.69) is 10.0 Å². The minimum atomic E-state index is -0.274. The summed E-state index contributed by atoms with van der Waals surface area (Å²) >= 11 is 0. The Labute approximate surface area is 170 Å². The standard InChI is InChI=1S/C23H26FN3O2/c1-26(2)11-4-12-29-20-6-3-5-19(15-20)27-22(28)13-17-8-7-16-9-10-18(24)14-21(16)23(17)25-27/h3,5-6,9-10,14-15,17H,4,7-8,11-13H2,1-2H3. The van der Waals surface area contributed by atoms with Crippen LogP contribution in [0, 0.1) is 11.7 Å². The number of carbonyl (C=O) groups excluding carboxylic acids is 1. The molecule has 0 saturated heterocycles. The Morgan fingerprint density at radius 1 is 1.24 bits per heavy atom. The molecule has 0 N–H and O–H groups in total. The van der Waals surface area contributed by atoms with Gasteiger partial charge in [-0.1, -0.05) is 12.1 Å². The van der Waals surface area contributed by atoms with Gasteiger partial charge in [0.05, 0.1) is 18.0 Å². The van der Waals surface area contributed by atoms with Crippen LogP contribution >= 0.6 is 0 Å². The number of hydrogen-bond donors (Lipinski definition) is 0. The molecule has 2 aromatic carbocycles. The van der Waals surface area contributed by atoms with Crippen molar-refractivity contribution in [3.63, 3.8) is 0 Å². The van der Waals surface area contributed by atoms with Crippen LogP contribution < -0.4 is 9.75 Å². The molecular formula is C23H26FN3O2. The summed E-state index contributed by atoms with van der Waals surface area (Å²) in [7, 11) is 4.06. The smallest absolute Gasteiger partial charge is 0.248 e. The quantitative estimate of drug-likeness (QED) is 0.698. The number of benzene rings is 2. The SMILES string of the molecule is CN(C)CCCOc1cccc(N2N=C3c4cc(F)ccc4CCC3CC2=O)c1. The van der Waals surface area contributed by atoms with Gasteiger partial charge in [0.25, 0.3) is 0 Å². The lowest BCUT2D eigenvalue weighted by molar-refractivity contribution is -0.119. The lowest BCUT2D eigenvalue weighted by atomic mass is 9.79. The van der Waals surface area contributed by atoms with Gasteiger partial charge in [0.15, 0.2) is 0 Å². The zero-order valence-corrected chi connectivity index (χ0v) is 16.9. The average molecular weight is 395 g/mol. The second-order valence-electron chi connectivity index (χ2n) is 7.93. The number of fused-ring (bicyclic) bond motifs is 3. The molecule has 0 spiro atoms. The maximum absolute atomic E-state index is 13.8. The van der Waals surface area contributed by atoms with Gasteiger partial charge in [0.1, 0.15) is 11.6 Å². The highest BCUT2D eigenvalue weighted by Gasteiger charge is 2.34. The monoisotopic (exact) mass is 395 g/mol. The number of rotatable bonds is 6. The third kappa shape index (κ3) is 4.32. The van der Waals surface area contributed by atoms with Gasteiger partial charge in [-0.05, 0) is 63.2 Å². The van der Waals surface area contributed by atoms with Crippen molar-refractivity contribution >= 4 is 17.3 Å². The number of ether oxygens (including phenoxy) is 1. The topological polar surface area (TPSA) is 45.1 Å². The minimum Gasteiger partial charge on any atom is -0.493 e. The Morgan fingerprint density at radius 3 is 2.93 bits per heavy atom. The molecule has 1 heterocycles. The zero-order chi connectivity index (χ0) is 20.4. The highest BCUT2D eigenvalue weighted by atomic mass is 19.1. The van der Waals surface area contributed by atoms with Crippen molar-refractivity contribution in [3.05, 3.63) is 59.4 Å². The van der Waals surface area contributed by atoms with Gasteiger partial charge in [0, 0.05) is 30.5 Å². The summed E-state index contributed by atoms with van der Waals surface area (Å²) in [4.78, 5) is 14.9. The molecule has 0 saturated carbocycles. The van der Waals surface area contributed by atoms with Crippen molar-refractivity contribution in [2.75, 3.05) is 32.3 Å². The van der Waals surface area contributed by atoms with Crippen molar-refractivity contribution in [2.24, 2.45) is 11.0 Å². The maximum Gasteiger partial charge on any atom is 0.248 e. The van der Waals surface area contributed by atoms with Crippen molar-refractivity contribution in [1.82, 2.24) is 4.90 Å². The molecule has 1 amide bonds. The Kier molecular flexibility index (Phi) is 5.62. The van der Waals surface area contributed by atoms with Crippen molar-refractivity contribution in [3.8, 4) is 5.75 Å².